The van der Waals surface area contributed by atoms with E-state index in [1.54, 1.807) is 18.2 Å². The SMILES string of the molecule is CCC(NC(=O)/C(C#N)=C\Nc1cccc(O)c1)c1ccc2c(c1)CCCC2. The third-order valence-electron chi connectivity index (χ3n) is 5.08. The van der Waals surface area contributed by atoms with Crippen molar-refractivity contribution in [2.75, 3.05) is 5.32 Å². The van der Waals surface area contributed by atoms with Gasteiger partial charge in [-0.2, -0.15) is 5.26 Å². The lowest BCUT2D eigenvalue weighted by Gasteiger charge is -2.21. The zero-order chi connectivity index (χ0) is 19.9. The van der Waals surface area contributed by atoms with Gasteiger partial charge in [-0.3, -0.25) is 4.79 Å². The number of aryl methyl sites for hydroxylation is 2. The van der Waals surface area contributed by atoms with Crippen molar-refractivity contribution < 1.29 is 9.90 Å². The summed E-state index contributed by atoms with van der Waals surface area (Å²) in [6, 6.07) is 14.7. The van der Waals surface area contributed by atoms with Crippen LogP contribution in [-0.4, -0.2) is 11.0 Å². The quantitative estimate of drug-likeness (QED) is 0.517. The van der Waals surface area contributed by atoms with Crippen LogP contribution in [0.15, 0.2) is 54.2 Å². The first-order chi connectivity index (χ1) is 13.6. The molecule has 3 rings (SSSR count). The number of hydrogen-bond acceptors (Lipinski definition) is 4. The lowest BCUT2D eigenvalue weighted by molar-refractivity contribution is -0.117. The number of nitrogens with one attached hydrogen (secondary N) is 2. The normalized spacial score (nSPS) is 14.5. The number of nitriles is 1. The fourth-order valence-corrected chi connectivity index (χ4v) is 3.53. The highest BCUT2D eigenvalue weighted by Gasteiger charge is 2.18. The lowest BCUT2D eigenvalue weighted by Crippen LogP contribution is -2.29. The van der Waals surface area contributed by atoms with Gasteiger partial charge in [0, 0.05) is 18.0 Å². The minimum atomic E-state index is -0.417. The lowest BCUT2D eigenvalue weighted by atomic mass is 9.88. The molecule has 0 fully saturated rings. The average Bonchev–Trinajstić information content (AvgIpc) is 2.72. The fourth-order valence-electron chi connectivity index (χ4n) is 3.53. The number of phenols is 1. The molecule has 2 aromatic rings. The number of fused-ring (bicyclic) bond motifs is 1. The highest BCUT2D eigenvalue weighted by molar-refractivity contribution is 5.97. The van der Waals surface area contributed by atoms with Crippen molar-refractivity contribution in [1.82, 2.24) is 5.32 Å². The van der Waals surface area contributed by atoms with E-state index in [-0.39, 0.29) is 17.4 Å². The zero-order valence-corrected chi connectivity index (χ0v) is 16.0. The summed E-state index contributed by atoms with van der Waals surface area (Å²) in [7, 11) is 0. The van der Waals surface area contributed by atoms with E-state index in [4.69, 9.17) is 0 Å². The number of nitrogens with zero attached hydrogens (tertiary/aromatic N) is 1. The maximum absolute atomic E-state index is 12.6. The summed E-state index contributed by atoms with van der Waals surface area (Å²) in [4.78, 5) is 12.6. The van der Waals surface area contributed by atoms with Crippen LogP contribution in [0.5, 0.6) is 5.75 Å². The Balaban J connectivity index is 1.71. The number of phenolic OH excluding ortho intramolecular Hbond substituents is 1. The second-order valence-corrected chi connectivity index (χ2v) is 7.03. The first-order valence-corrected chi connectivity index (χ1v) is 9.69. The van der Waals surface area contributed by atoms with Gasteiger partial charge in [0.25, 0.3) is 5.91 Å². The Bertz CT molecular complexity index is 928. The minimum Gasteiger partial charge on any atom is -0.508 e. The number of carbonyl (C=O) groups is 1. The van der Waals surface area contributed by atoms with Gasteiger partial charge in [0.2, 0.25) is 0 Å². The molecule has 28 heavy (non-hydrogen) atoms. The van der Waals surface area contributed by atoms with Gasteiger partial charge in [-0.1, -0.05) is 31.2 Å². The molecule has 1 aliphatic carbocycles. The molecule has 1 aliphatic rings. The summed E-state index contributed by atoms with van der Waals surface area (Å²) in [5, 5.41) is 24.7. The topological polar surface area (TPSA) is 85.2 Å². The van der Waals surface area contributed by atoms with E-state index >= 15 is 0 Å². The number of anilines is 1. The number of rotatable bonds is 6. The summed E-state index contributed by atoms with van der Waals surface area (Å²) in [5.41, 5.74) is 4.44. The second kappa shape index (κ2) is 9.09. The molecule has 5 heteroatoms. The molecule has 1 unspecified atom stereocenters. The molecule has 0 heterocycles. The molecule has 2 aromatic carbocycles. The number of carbonyl (C=O) groups excluding carboxylic acids is 1. The van der Waals surface area contributed by atoms with E-state index in [0.717, 1.165) is 24.8 Å². The first-order valence-electron chi connectivity index (χ1n) is 9.69. The molecule has 3 N–H and O–H groups in total. The molecule has 1 atom stereocenters. The van der Waals surface area contributed by atoms with Crippen molar-refractivity contribution in [2.24, 2.45) is 0 Å². The molecule has 0 spiro atoms. The van der Waals surface area contributed by atoms with Crippen molar-refractivity contribution in [3.05, 3.63) is 70.9 Å². The van der Waals surface area contributed by atoms with E-state index in [0.29, 0.717) is 5.69 Å². The number of hydrogen-bond donors (Lipinski definition) is 3. The Labute approximate surface area is 165 Å². The van der Waals surface area contributed by atoms with Crippen LogP contribution in [0.4, 0.5) is 5.69 Å². The third kappa shape index (κ3) is 4.72. The standard InChI is InChI=1S/C23H25N3O2/c1-2-22(18-11-10-16-6-3-4-7-17(16)12-18)26-23(28)19(14-24)15-25-20-8-5-9-21(27)13-20/h5,8-13,15,22,25,27H,2-4,6-7H2,1H3,(H,26,28)/b19-15-. The van der Waals surface area contributed by atoms with E-state index in [1.807, 2.05) is 13.0 Å². The molecule has 1 amide bonds. The van der Waals surface area contributed by atoms with E-state index in [9.17, 15) is 15.2 Å². The molecule has 0 aromatic heterocycles. The summed E-state index contributed by atoms with van der Waals surface area (Å²) in [6.07, 6.45) is 6.77. The van der Waals surface area contributed by atoms with Crippen molar-refractivity contribution in [2.45, 2.75) is 45.1 Å². The number of benzene rings is 2. The molecular weight excluding hydrogens is 350 g/mol. The fraction of sp³-hybridized carbons (Fsp3) is 0.304. The van der Waals surface area contributed by atoms with Gasteiger partial charge in [-0.05, 0) is 60.9 Å². The molecule has 144 valence electrons. The van der Waals surface area contributed by atoms with Crippen LogP contribution in [0.1, 0.15) is 48.9 Å². The number of aromatic hydroxyl groups is 1. The highest BCUT2D eigenvalue weighted by Crippen LogP contribution is 2.26. The van der Waals surface area contributed by atoms with Crippen molar-refractivity contribution in [3.8, 4) is 11.8 Å². The maximum atomic E-state index is 12.6. The maximum Gasteiger partial charge on any atom is 0.263 e. The summed E-state index contributed by atoms with van der Waals surface area (Å²) in [6.45, 7) is 2.02. The van der Waals surface area contributed by atoms with Crippen molar-refractivity contribution >= 4 is 11.6 Å². The smallest absolute Gasteiger partial charge is 0.263 e. The monoisotopic (exact) mass is 375 g/mol. The van der Waals surface area contributed by atoms with Gasteiger partial charge in [0.05, 0.1) is 6.04 Å². The van der Waals surface area contributed by atoms with Crippen molar-refractivity contribution in [1.29, 1.82) is 5.26 Å². The Morgan fingerprint density at radius 3 is 2.71 bits per heavy atom. The summed E-state index contributed by atoms with van der Waals surface area (Å²) >= 11 is 0. The Morgan fingerprint density at radius 2 is 2.00 bits per heavy atom. The largest absolute Gasteiger partial charge is 0.508 e. The van der Waals surface area contributed by atoms with Gasteiger partial charge in [0.15, 0.2) is 0 Å². The Hall–Kier alpha value is -3.26. The Morgan fingerprint density at radius 1 is 1.21 bits per heavy atom. The van der Waals surface area contributed by atoms with Gasteiger partial charge >= 0.3 is 0 Å². The van der Waals surface area contributed by atoms with Crippen molar-refractivity contribution in [3.63, 3.8) is 0 Å². The Kier molecular flexibility index (Phi) is 6.33. The first kappa shape index (κ1) is 19.5. The van der Waals surface area contributed by atoms with Crippen LogP contribution in [-0.2, 0) is 17.6 Å². The van der Waals surface area contributed by atoms with Crippen LogP contribution in [0.25, 0.3) is 0 Å². The zero-order valence-electron chi connectivity index (χ0n) is 16.0. The highest BCUT2D eigenvalue weighted by atomic mass is 16.3. The molecule has 0 saturated carbocycles. The van der Waals surface area contributed by atoms with Gasteiger partial charge in [-0.15, -0.1) is 0 Å². The van der Waals surface area contributed by atoms with Gasteiger partial charge < -0.3 is 15.7 Å². The number of amides is 1. The van der Waals surface area contributed by atoms with Crippen LogP contribution >= 0.6 is 0 Å². The molecule has 0 saturated heterocycles. The van der Waals surface area contributed by atoms with Crippen LogP contribution in [0, 0.1) is 11.3 Å². The molecule has 0 aliphatic heterocycles. The molecule has 5 nitrogen and oxygen atoms in total. The average molecular weight is 375 g/mol. The molecular formula is C23H25N3O2. The minimum absolute atomic E-state index is 0.0141. The van der Waals surface area contributed by atoms with E-state index in [2.05, 4.69) is 28.8 Å². The van der Waals surface area contributed by atoms with Crippen LogP contribution in [0.2, 0.25) is 0 Å². The van der Waals surface area contributed by atoms with Gasteiger partial charge in [0.1, 0.15) is 17.4 Å². The van der Waals surface area contributed by atoms with E-state index in [1.165, 1.54) is 36.2 Å². The van der Waals surface area contributed by atoms with Crippen LogP contribution < -0.4 is 10.6 Å². The third-order valence-corrected chi connectivity index (χ3v) is 5.08. The second-order valence-electron chi connectivity index (χ2n) is 7.03. The predicted molar refractivity (Wildman–Crippen MR) is 110 cm³/mol. The molecule has 0 radical (unpaired) electrons. The molecule has 0 bridgehead atoms. The van der Waals surface area contributed by atoms with Gasteiger partial charge in [-0.25, -0.2) is 0 Å². The summed E-state index contributed by atoms with van der Waals surface area (Å²) in [5.74, 6) is -0.306. The summed E-state index contributed by atoms with van der Waals surface area (Å²) < 4.78 is 0. The van der Waals surface area contributed by atoms with E-state index < -0.39 is 5.91 Å². The predicted octanol–water partition coefficient (Wildman–Crippen LogP) is 4.36. The van der Waals surface area contributed by atoms with Crippen LogP contribution in [0.3, 0.4) is 0 Å².